The van der Waals surface area contributed by atoms with Crippen molar-refractivity contribution in [3.63, 3.8) is 0 Å². The van der Waals surface area contributed by atoms with Gasteiger partial charge < -0.3 is 20.5 Å². The van der Waals surface area contributed by atoms with Gasteiger partial charge in [0.05, 0.1) is 0 Å². The zero-order chi connectivity index (χ0) is 22.9. The molecule has 0 saturated heterocycles. The largest absolute Gasteiger partial charge is 0.480 e. The molecule has 0 unspecified atom stereocenters. The summed E-state index contributed by atoms with van der Waals surface area (Å²) in [6, 6.07) is 15.2. The molecule has 2 aromatic rings. The highest BCUT2D eigenvalue weighted by molar-refractivity contribution is 7.98. The molecule has 0 aliphatic heterocycles. The molecule has 0 aromatic heterocycles. The van der Waals surface area contributed by atoms with Gasteiger partial charge in [0, 0.05) is 18.5 Å². The van der Waals surface area contributed by atoms with Crippen molar-refractivity contribution >= 4 is 29.7 Å². The predicted molar refractivity (Wildman–Crippen MR) is 125 cm³/mol. The summed E-state index contributed by atoms with van der Waals surface area (Å²) < 4.78 is 5.42. The number of ether oxygens (including phenoxy) is 1. The fourth-order valence-corrected chi connectivity index (χ4v) is 4.14. The van der Waals surface area contributed by atoms with Crippen LogP contribution in [0.4, 0.5) is 4.79 Å². The number of rotatable bonds is 10. The maximum atomic E-state index is 12.1. The Morgan fingerprint density at radius 3 is 2.31 bits per heavy atom. The number of aliphatic carboxylic acids is 1. The van der Waals surface area contributed by atoms with Crippen molar-refractivity contribution in [2.75, 3.05) is 25.2 Å². The van der Waals surface area contributed by atoms with Crippen LogP contribution in [-0.2, 0) is 14.3 Å². The summed E-state index contributed by atoms with van der Waals surface area (Å²) in [5, 5.41) is 14.2. The first kappa shape index (κ1) is 23.4. The highest BCUT2D eigenvalue weighted by Gasteiger charge is 2.28. The van der Waals surface area contributed by atoms with E-state index >= 15 is 0 Å². The Morgan fingerprint density at radius 1 is 1.09 bits per heavy atom. The third-order valence-corrected chi connectivity index (χ3v) is 5.85. The van der Waals surface area contributed by atoms with E-state index in [-0.39, 0.29) is 19.1 Å². The van der Waals surface area contributed by atoms with E-state index < -0.39 is 24.0 Å². The summed E-state index contributed by atoms with van der Waals surface area (Å²) >= 11 is 1.51. The standard InChI is InChI=1S/C24H26N2O5S/c1-32-14-12-21(23(28)29)26-22(27)11-6-13-25-24(30)31-15-20-18-9-4-2-7-16(18)17-8-3-5-10-19(17)20/h2-11,20-21H,12-15H2,1H3,(H,25,30)(H,26,27)(H,28,29)/b11-6+/t21-/m1/s1. The van der Waals surface area contributed by atoms with Crippen LogP contribution in [-0.4, -0.2) is 54.3 Å². The number of carbonyl (C=O) groups excluding carboxylic acids is 2. The zero-order valence-corrected chi connectivity index (χ0v) is 18.6. The number of nitrogens with one attached hydrogen (secondary N) is 2. The zero-order valence-electron chi connectivity index (χ0n) is 17.7. The molecular formula is C24H26N2O5S. The highest BCUT2D eigenvalue weighted by Crippen LogP contribution is 2.44. The molecule has 2 amide bonds. The van der Waals surface area contributed by atoms with E-state index in [1.807, 2.05) is 42.7 Å². The number of carboxylic acid groups (broad SMARTS) is 1. The van der Waals surface area contributed by atoms with Crippen LogP contribution in [0.3, 0.4) is 0 Å². The van der Waals surface area contributed by atoms with Crippen molar-refractivity contribution in [3.8, 4) is 11.1 Å². The van der Waals surface area contributed by atoms with E-state index in [1.165, 1.54) is 23.9 Å². The van der Waals surface area contributed by atoms with Gasteiger partial charge in [-0.1, -0.05) is 54.6 Å². The molecule has 8 heteroatoms. The van der Waals surface area contributed by atoms with Crippen LogP contribution in [0.2, 0.25) is 0 Å². The molecule has 2 aromatic carbocycles. The molecule has 0 saturated carbocycles. The van der Waals surface area contributed by atoms with Gasteiger partial charge in [0.25, 0.3) is 0 Å². The van der Waals surface area contributed by atoms with E-state index in [0.29, 0.717) is 12.2 Å². The van der Waals surface area contributed by atoms with Crippen molar-refractivity contribution in [1.82, 2.24) is 10.6 Å². The number of amides is 2. The first-order valence-corrected chi connectivity index (χ1v) is 11.7. The molecular weight excluding hydrogens is 428 g/mol. The summed E-state index contributed by atoms with van der Waals surface area (Å²) in [5.74, 6) is -0.987. The number of hydrogen-bond donors (Lipinski definition) is 3. The van der Waals surface area contributed by atoms with Crippen LogP contribution in [0.1, 0.15) is 23.5 Å². The topological polar surface area (TPSA) is 105 Å². The molecule has 7 nitrogen and oxygen atoms in total. The maximum absolute atomic E-state index is 12.1. The molecule has 0 heterocycles. The molecule has 1 atom stereocenters. The van der Waals surface area contributed by atoms with Gasteiger partial charge in [0.1, 0.15) is 12.6 Å². The van der Waals surface area contributed by atoms with Crippen LogP contribution in [0.5, 0.6) is 0 Å². The van der Waals surface area contributed by atoms with Gasteiger partial charge in [0.15, 0.2) is 0 Å². The minimum Gasteiger partial charge on any atom is -0.480 e. The van der Waals surface area contributed by atoms with Gasteiger partial charge in [0.2, 0.25) is 5.91 Å². The SMILES string of the molecule is CSCC[C@@H](NC(=O)/C=C/CNC(=O)OCC1c2ccccc2-c2ccccc21)C(=O)O. The minimum atomic E-state index is -1.07. The number of carboxylic acids is 1. The molecule has 168 valence electrons. The lowest BCUT2D eigenvalue weighted by Gasteiger charge is -2.14. The van der Waals surface area contributed by atoms with Gasteiger partial charge in [-0.25, -0.2) is 9.59 Å². The van der Waals surface area contributed by atoms with E-state index in [0.717, 1.165) is 22.3 Å². The summed E-state index contributed by atoms with van der Waals surface area (Å²) in [7, 11) is 0. The van der Waals surface area contributed by atoms with E-state index in [9.17, 15) is 14.4 Å². The molecule has 1 aliphatic rings. The third kappa shape index (κ3) is 5.91. The van der Waals surface area contributed by atoms with Crippen molar-refractivity contribution in [3.05, 3.63) is 71.8 Å². The third-order valence-electron chi connectivity index (χ3n) is 5.20. The minimum absolute atomic E-state index is 0.0243. The van der Waals surface area contributed by atoms with Crippen LogP contribution < -0.4 is 10.6 Å². The van der Waals surface area contributed by atoms with Crippen LogP contribution in [0.15, 0.2) is 60.7 Å². The lowest BCUT2D eigenvalue weighted by atomic mass is 9.98. The van der Waals surface area contributed by atoms with E-state index in [4.69, 9.17) is 9.84 Å². The normalized spacial score (nSPS) is 13.3. The molecule has 0 bridgehead atoms. The molecule has 32 heavy (non-hydrogen) atoms. The highest BCUT2D eigenvalue weighted by atomic mass is 32.2. The number of hydrogen-bond acceptors (Lipinski definition) is 5. The predicted octanol–water partition coefficient (Wildman–Crippen LogP) is 3.40. The first-order valence-electron chi connectivity index (χ1n) is 10.3. The quantitative estimate of drug-likeness (QED) is 0.475. The monoisotopic (exact) mass is 454 g/mol. The lowest BCUT2D eigenvalue weighted by molar-refractivity contribution is -0.141. The number of carbonyl (C=O) groups is 3. The van der Waals surface area contributed by atoms with Gasteiger partial charge >= 0.3 is 12.1 Å². The van der Waals surface area contributed by atoms with Crippen molar-refractivity contribution in [1.29, 1.82) is 0 Å². The van der Waals surface area contributed by atoms with Gasteiger partial charge in [-0.2, -0.15) is 11.8 Å². The summed E-state index contributed by atoms with van der Waals surface area (Å²) in [6.07, 6.45) is 4.28. The first-order chi connectivity index (χ1) is 15.5. The fourth-order valence-electron chi connectivity index (χ4n) is 3.67. The van der Waals surface area contributed by atoms with Crippen molar-refractivity contribution in [2.45, 2.75) is 18.4 Å². The summed E-state index contributed by atoms with van der Waals surface area (Å²) in [6.45, 7) is 0.298. The second kappa shape index (κ2) is 11.4. The van der Waals surface area contributed by atoms with Gasteiger partial charge in [-0.3, -0.25) is 4.79 Å². The number of thioether (sulfide) groups is 1. The number of benzene rings is 2. The molecule has 3 rings (SSSR count). The Bertz CT molecular complexity index is 962. The molecule has 1 aliphatic carbocycles. The van der Waals surface area contributed by atoms with Gasteiger partial charge in [-0.05, 0) is 40.7 Å². The molecule has 0 fully saturated rings. The Kier molecular flexibility index (Phi) is 8.33. The maximum Gasteiger partial charge on any atom is 0.407 e. The molecule has 0 spiro atoms. The van der Waals surface area contributed by atoms with E-state index in [1.54, 1.807) is 0 Å². The average Bonchev–Trinajstić information content (AvgIpc) is 3.11. The average molecular weight is 455 g/mol. The molecule has 0 radical (unpaired) electrons. The Labute approximate surface area is 191 Å². The van der Waals surface area contributed by atoms with Crippen molar-refractivity contribution in [2.24, 2.45) is 0 Å². The second-order valence-electron chi connectivity index (χ2n) is 7.29. The summed E-state index contributed by atoms with van der Waals surface area (Å²) in [4.78, 5) is 35.2. The molecule has 3 N–H and O–H groups in total. The second-order valence-corrected chi connectivity index (χ2v) is 8.28. The summed E-state index contributed by atoms with van der Waals surface area (Å²) in [5.41, 5.74) is 4.58. The Balaban J connectivity index is 1.46. The number of alkyl carbamates (subject to hydrolysis) is 1. The van der Waals surface area contributed by atoms with E-state index in [2.05, 4.69) is 22.8 Å². The van der Waals surface area contributed by atoms with Gasteiger partial charge in [-0.15, -0.1) is 0 Å². The van der Waals surface area contributed by atoms with Crippen LogP contribution >= 0.6 is 11.8 Å². The Hall–Kier alpha value is -3.26. The fraction of sp³-hybridized carbons (Fsp3) is 0.292. The smallest absolute Gasteiger partial charge is 0.407 e. The van der Waals surface area contributed by atoms with Crippen LogP contribution in [0.25, 0.3) is 11.1 Å². The lowest BCUT2D eigenvalue weighted by Crippen LogP contribution is -2.40. The Morgan fingerprint density at radius 2 is 1.72 bits per heavy atom. The van der Waals surface area contributed by atoms with Crippen molar-refractivity contribution < 1.29 is 24.2 Å². The van der Waals surface area contributed by atoms with Crippen LogP contribution in [0, 0.1) is 0 Å². The number of fused-ring (bicyclic) bond motifs is 3.